The minimum atomic E-state index is -0.0870. The van der Waals surface area contributed by atoms with Gasteiger partial charge in [0.05, 0.1) is 6.10 Å². The van der Waals surface area contributed by atoms with Crippen molar-refractivity contribution in [3.05, 3.63) is 23.8 Å². The van der Waals surface area contributed by atoms with Gasteiger partial charge in [0.2, 0.25) is 0 Å². The van der Waals surface area contributed by atoms with E-state index in [1.54, 1.807) is 5.57 Å². The second-order valence-corrected chi connectivity index (χ2v) is 12.4. The van der Waals surface area contributed by atoms with Crippen LogP contribution in [-0.4, -0.2) is 11.2 Å². The zero-order valence-corrected chi connectivity index (χ0v) is 20.7. The lowest BCUT2D eigenvalue weighted by molar-refractivity contribution is -0.0540. The van der Waals surface area contributed by atoms with Crippen molar-refractivity contribution in [2.75, 3.05) is 0 Å². The van der Waals surface area contributed by atoms with Gasteiger partial charge in [0.25, 0.3) is 0 Å². The molecule has 170 valence electrons. The molecule has 1 N–H and O–H groups in total. The third-order valence-corrected chi connectivity index (χ3v) is 10.8. The van der Waals surface area contributed by atoms with Gasteiger partial charge in [0, 0.05) is 0 Å². The van der Waals surface area contributed by atoms with E-state index < -0.39 is 0 Å². The van der Waals surface area contributed by atoms with E-state index in [9.17, 15) is 5.11 Å². The molecule has 1 nitrogen and oxygen atoms in total. The van der Waals surface area contributed by atoms with Gasteiger partial charge in [-0.25, -0.2) is 0 Å². The maximum atomic E-state index is 10.2. The predicted molar refractivity (Wildman–Crippen MR) is 128 cm³/mol. The molecule has 0 aromatic heterocycles. The first-order valence-corrected chi connectivity index (χ1v) is 13.3. The highest BCUT2D eigenvalue weighted by atomic mass is 16.3. The van der Waals surface area contributed by atoms with Crippen LogP contribution >= 0.6 is 0 Å². The number of aliphatic hydroxyl groups is 1. The van der Waals surface area contributed by atoms with E-state index in [-0.39, 0.29) is 6.10 Å². The molecular formula is C29H48O. The normalized spacial score (nSPS) is 45.6. The molecule has 30 heavy (non-hydrogen) atoms. The van der Waals surface area contributed by atoms with Crippen LogP contribution in [0.5, 0.6) is 0 Å². The first-order chi connectivity index (χ1) is 14.2. The predicted octanol–water partition coefficient (Wildman–Crippen LogP) is 7.80. The Morgan fingerprint density at radius 3 is 2.50 bits per heavy atom. The lowest BCUT2D eigenvalue weighted by Gasteiger charge is -2.58. The highest BCUT2D eigenvalue weighted by molar-refractivity contribution is 5.25. The van der Waals surface area contributed by atoms with Crippen molar-refractivity contribution >= 4 is 0 Å². The van der Waals surface area contributed by atoms with Gasteiger partial charge in [-0.3, -0.25) is 0 Å². The van der Waals surface area contributed by atoms with E-state index in [2.05, 4.69) is 59.8 Å². The average molecular weight is 413 g/mol. The zero-order chi connectivity index (χ0) is 21.7. The molecule has 4 rings (SSSR count). The monoisotopic (exact) mass is 412 g/mol. The molecule has 4 aliphatic rings. The largest absolute Gasteiger partial charge is 0.393 e. The molecule has 2 unspecified atom stereocenters. The molecule has 0 saturated heterocycles. The maximum Gasteiger partial charge on any atom is 0.0577 e. The molecule has 3 saturated carbocycles. The molecule has 1 heteroatoms. The Balaban J connectivity index is 1.52. The molecule has 3 fully saturated rings. The number of hydrogen-bond donors (Lipinski definition) is 1. The minimum absolute atomic E-state index is 0.0870. The molecular weight excluding hydrogens is 364 g/mol. The fourth-order valence-corrected chi connectivity index (χ4v) is 8.83. The van der Waals surface area contributed by atoms with Crippen LogP contribution in [0.2, 0.25) is 0 Å². The summed E-state index contributed by atoms with van der Waals surface area (Å²) in [5.74, 6) is 5.70. The van der Waals surface area contributed by atoms with E-state index >= 15 is 0 Å². The lowest BCUT2D eigenvalue weighted by Crippen LogP contribution is -2.50. The molecule has 0 radical (unpaired) electrons. The molecule has 0 aliphatic heterocycles. The van der Waals surface area contributed by atoms with Crippen molar-refractivity contribution in [3.8, 4) is 0 Å². The molecule has 0 amide bonds. The summed E-state index contributed by atoms with van der Waals surface area (Å²) in [5, 5.41) is 10.2. The van der Waals surface area contributed by atoms with Crippen LogP contribution in [0, 0.1) is 52.3 Å². The van der Waals surface area contributed by atoms with Crippen molar-refractivity contribution in [1.82, 2.24) is 0 Å². The number of fused-ring (bicyclic) bond motifs is 5. The Morgan fingerprint density at radius 1 is 1.03 bits per heavy atom. The van der Waals surface area contributed by atoms with Gasteiger partial charge >= 0.3 is 0 Å². The van der Waals surface area contributed by atoms with Crippen LogP contribution < -0.4 is 0 Å². The number of allylic oxidation sites excluding steroid dienone is 3. The smallest absolute Gasteiger partial charge is 0.0577 e. The zero-order valence-electron chi connectivity index (χ0n) is 20.7. The van der Waals surface area contributed by atoms with Crippen LogP contribution in [0.1, 0.15) is 99.3 Å². The molecule has 4 aliphatic carbocycles. The van der Waals surface area contributed by atoms with E-state index in [1.807, 2.05) is 0 Å². The van der Waals surface area contributed by atoms with Crippen LogP contribution in [0.15, 0.2) is 23.8 Å². The molecule has 9 atom stereocenters. The second kappa shape index (κ2) is 8.42. The minimum Gasteiger partial charge on any atom is -0.393 e. The third kappa shape index (κ3) is 3.66. The standard InChI is InChI=1S/C29H48O/c1-7-21(19(2)3)9-8-20(4)25-12-13-26-24-11-10-22-18-23(30)14-16-28(22,5)27(24)15-17-29(25,26)6/h8-10,19-21,23-27,30H,7,11-18H2,1-6H3/b9-8+/t20-,21?,23?,24+,25-,26+,27+,28+,29-/m1/s1. The number of hydrogen-bond acceptors (Lipinski definition) is 1. The SMILES string of the molecule is CCC(/C=C/[C@@H](C)[C@H]1CC[C@H]2[C@@H]3CC=C4CC(O)CC[C@]4(C)[C@H]3CC[C@]12C)C(C)C. The quantitative estimate of drug-likeness (QED) is 0.457. The van der Waals surface area contributed by atoms with Crippen molar-refractivity contribution in [2.24, 2.45) is 52.3 Å². The summed E-state index contributed by atoms with van der Waals surface area (Å²) in [5.41, 5.74) is 2.51. The topological polar surface area (TPSA) is 20.2 Å². The first-order valence-electron chi connectivity index (χ1n) is 13.3. The summed E-state index contributed by atoms with van der Waals surface area (Å²) in [6.07, 6.45) is 19.1. The maximum absolute atomic E-state index is 10.2. The molecule has 0 aromatic rings. The number of rotatable bonds is 5. The van der Waals surface area contributed by atoms with Gasteiger partial charge in [0.15, 0.2) is 0 Å². The first kappa shape index (κ1) is 22.6. The van der Waals surface area contributed by atoms with Crippen molar-refractivity contribution in [2.45, 2.75) is 105 Å². The molecule has 0 heterocycles. The molecule has 0 bridgehead atoms. The van der Waals surface area contributed by atoms with Crippen LogP contribution in [0.3, 0.4) is 0 Å². The van der Waals surface area contributed by atoms with Gasteiger partial charge in [-0.15, -0.1) is 0 Å². The highest BCUT2D eigenvalue weighted by Crippen LogP contribution is 2.67. The summed E-state index contributed by atoms with van der Waals surface area (Å²) >= 11 is 0. The van der Waals surface area contributed by atoms with E-state index in [0.717, 1.165) is 48.3 Å². The Morgan fingerprint density at radius 2 is 1.80 bits per heavy atom. The fourth-order valence-electron chi connectivity index (χ4n) is 8.83. The van der Waals surface area contributed by atoms with Crippen molar-refractivity contribution < 1.29 is 5.11 Å². The summed E-state index contributed by atoms with van der Waals surface area (Å²) in [6.45, 7) is 14.8. The third-order valence-electron chi connectivity index (χ3n) is 10.8. The average Bonchev–Trinajstić information content (AvgIpc) is 3.06. The summed E-state index contributed by atoms with van der Waals surface area (Å²) in [7, 11) is 0. The summed E-state index contributed by atoms with van der Waals surface area (Å²) in [6, 6.07) is 0. The Labute approximate surface area is 186 Å². The van der Waals surface area contributed by atoms with Crippen molar-refractivity contribution in [1.29, 1.82) is 0 Å². The van der Waals surface area contributed by atoms with Crippen LogP contribution in [0.4, 0.5) is 0 Å². The van der Waals surface area contributed by atoms with Crippen LogP contribution in [0.25, 0.3) is 0 Å². The summed E-state index contributed by atoms with van der Waals surface area (Å²) < 4.78 is 0. The van der Waals surface area contributed by atoms with Gasteiger partial charge in [-0.2, -0.15) is 0 Å². The fraction of sp³-hybridized carbons (Fsp3) is 0.862. The van der Waals surface area contributed by atoms with Gasteiger partial charge in [0.1, 0.15) is 0 Å². The van der Waals surface area contributed by atoms with Crippen LogP contribution in [-0.2, 0) is 0 Å². The van der Waals surface area contributed by atoms with E-state index in [0.29, 0.717) is 16.7 Å². The van der Waals surface area contributed by atoms with E-state index in [4.69, 9.17) is 0 Å². The molecule has 0 aromatic carbocycles. The van der Waals surface area contributed by atoms with Gasteiger partial charge in [-0.05, 0) is 110 Å². The molecule has 0 spiro atoms. The van der Waals surface area contributed by atoms with Gasteiger partial charge in [-0.1, -0.05) is 65.3 Å². The number of aliphatic hydroxyl groups excluding tert-OH is 1. The Kier molecular flexibility index (Phi) is 6.35. The summed E-state index contributed by atoms with van der Waals surface area (Å²) in [4.78, 5) is 0. The lowest BCUT2D eigenvalue weighted by atomic mass is 9.47. The second-order valence-electron chi connectivity index (χ2n) is 12.4. The van der Waals surface area contributed by atoms with E-state index in [1.165, 1.54) is 44.9 Å². The Hall–Kier alpha value is -0.560. The van der Waals surface area contributed by atoms with Gasteiger partial charge < -0.3 is 5.11 Å². The Bertz CT molecular complexity index is 674. The van der Waals surface area contributed by atoms with Crippen molar-refractivity contribution in [3.63, 3.8) is 0 Å². The highest BCUT2D eigenvalue weighted by Gasteiger charge is 2.58.